The van der Waals surface area contributed by atoms with Crippen molar-refractivity contribution in [2.45, 2.75) is 31.3 Å². The molecular weight excluding hydrogens is 270 g/mol. The molecule has 1 aliphatic carbocycles. The van der Waals surface area contributed by atoms with Crippen molar-refractivity contribution in [3.05, 3.63) is 72.6 Å². The maximum atomic E-state index is 6.43. The summed E-state index contributed by atoms with van der Waals surface area (Å²) < 4.78 is 6.43. The molecule has 1 aliphatic rings. The van der Waals surface area contributed by atoms with Gasteiger partial charge in [0.05, 0.1) is 0 Å². The molecule has 0 aliphatic heterocycles. The highest BCUT2D eigenvalue weighted by Gasteiger charge is 2.30. The summed E-state index contributed by atoms with van der Waals surface area (Å²) in [6.45, 7) is 0. The molecule has 3 aromatic rings. The number of hydrogen-bond acceptors (Lipinski definition) is 2. The van der Waals surface area contributed by atoms with Crippen molar-refractivity contribution in [2.24, 2.45) is 0 Å². The highest BCUT2D eigenvalue weighted by atomic mass is 16.5. The van der Waals surface area contributed by atoms with Crippen LogP contribution in [0.4, 0.5) is 0 Å². The first kappa shape index (κ1) is 13.3. The lowest BCUT2D eigenvalue weighted by Crippen LogP contribution is -2.20. The molecule has 2 aromatic carbocycles. The second-order valence-electron chi connectivity index (χ2n) is 5.96. The van der Waals surface area contributed by atoms with Gasteiger partial charge in [0.25, 0.3) is 0 Å². The zero-order valence-corrected chi connectivity index (χ0v) is 12.5. The van der Waals surface area contributed by atoms with Gasteiger partial charge in [-0.1, -0.05) is 42.5 Å². The van der Waals surface area contributed by atoms with Gasteiger partial charge in [0.15, 0.2) is 0 Å². The van der Waals surface area contributed by atoms with E-state index in [2.05, 4.69) is 47.4 Å². The predicted octanol–water partition coefficient (Wildman–Crippen LogP) is 4.95. The van der Waals surface area contributed by atoms with Crippen molar-refractivity contribution in [1.82, 2.24) is 4.98 Å². The van der Waals surface area contributed by atoms with E-state index >= 15 is 0 Å². The molecule has 0 saturated heterocycles. The van der Waals surface area contributed by atoms with Crippen molar-refractivity contribution >= 4 is 10.8 Å². The Kier molecular flexibility index (Phi) is 3.51. The maximum Gasteiger partial charge on any atom is 0.127 e. The Hall–Kier alpha value is -2.35. The number of nitrogens with zero attached hydrogens (tertiary/aromatic N) is 1. The molecular formula is C20H19NO. The third-order valence-electron chi connectivity index (χ3n) is 4.60. The van der Waals surface area contributed by atoms with E-state index in [1.54, 1.807) is 0 Å². The van der Waals surface area contributed by atoms with Crippen molar-refractivity contribution in [2.75, 3.05) is 0 Å². The second kappa shape index (κ2) is 5.80. The highest BCUT2D eigenvalue weighted by molar-refractivity contribution is 5.87. The van der Waals surface area contributed by atoms with Crippen molar-refractivity contribution < 1.29 is 4.74 Å². The molecule has 0 spiro atoms. The smallest absolute Gasteiger partial charge is 0.127 e. The summed E-state index contributed by atoms with van der Waals surface area (Å²) in [5.41, 5.74) is 1.40. The van der Waals surface area contributed by atoms with E-state index in [1.807, 2.05) is 24.5 Å². The summed E-state index contributed by atoms with van der Waals surface area (Å²) in [7, 11) is 0. The van der Waals surface area contributed by atoms with Gasteiger partial charge in [-0.2, -0.15) is 0 Å². The zero-order valence-electron chi connectivity index (χ0n) is 12.5. The highest BCUT2D eigenvalue weighted by Crippen LogP contribution is 2.38. The lowest BCUT2D eigenvalue weighted by molar-refractivity contribution is 0.193. The third kappa shape index (κ3) is 2.45. The molecule has 1 saturated carbocycles. The van der Waals surface area contributed by atoms with Gasteiger partial charge in [-0.05, 0) is 37.0 Å². The van der Waals surface area contributed by atoms with Gasteiger partial charge in [0, 0.05) is 29.1 Å². The third-order valence-corrected chi connectivity index (χ3v) is 4.60. The van der Waals surface area contributed by atoms with Crippen LogP contribution in [0.25, 0.3) is 10.8 Å². The average molecular weight is 289 g/mol. The summed E-state index contributed by atoms with van der Waals surface area (Å²) in [4.78, 5) is 4.19. The van der Waals surface area contributed by atoms with E-state index in [4.69, 9.17) is 4.74 Å². The average Bonchev–Trinajstić information content (AvgIpc) is 3.04. The minimum atomic E-state index is 0.265. The summed E-state index contributed by atoms with van der Waals surface area (Å²) >= 11 is 0. The Bertz CT molecular complexity index is 764. The maximum absolute atomic E-state index is 6.43. The van der Waals surface area contributed by atoms with Gasteiger partial charge in [0.1, 0.15) is 11.9 Å². The lowest BCUT2D eigenvalue weighted by atomic mass is 9.96. The number of fused-ring (bicyclic) bond motifs is 1. The first-order valence-electron chi connectivity index (χ1n) is 7.96. The summed E-state index contributed by atoms with van der Waals surface area (Å²) in [5.74, 6) is 1.48. The molecule has 1 heterocycles. The van der Waals surface area contributed by atoms with Gasteiger partial charge in [-0.25, -0.2) is 0 Å². The molecule has 2 nitrogen and oxygen atoms in total. The molecule has 22 heavy (non-hydrogen) atoms. The van der Waals surface area contributed by atoms with Crippen LogP contribution in [0.5, 0.6) is 5.75 Å². The molecule has 110 valence electrons. The molecule has 1 fully saturated rings. The van der Waals surface area contributed by atoms with E-state index in [-0.39, 0.29) is 6.10 Å². The Morgan fingerprint density at radius 3 is 2.73 bits per heavy atom. The van der Waals surface area contributed by atoms with E-state index in [1.165, 1.54) is 18.4 Å². The van der Waals surface area contributed by atoms with Crippen molar-refractivity contribution in [3.63, 3.8) is 0 Å². The van der Waals surface area contributed by atoms with Crippen LogP contribution in [0.15, 0.2) is 67.0 Å². The van der Waals surface area contributed by atoms with Crippen LogP contribution in [-0.2, 0) is 0 Å². The molecule has 1 aromatic heterocycles. The Morgan fingerprint density at radius 1 is 0.909 bits per heavy atom. The molecule has 0 bridgehead atoms. The molecule has 2 atom stereocenters. The normalized spacial score (nSPS) is 21.1. The first-order chi connectivity index (χ1) is 10.9. The van der Waals surface area contributed by atoms with Gasteiger partial charge < -0.3 is 4.74 Å². The Labute approximate surface area is 130 Å². The summed E-state index contributed by atoms with van der Waals surface area (Å²) in [6.07, 6.45) is 7.56. The van der Waals surface area contributed by atoms with Gasteiger partial charge >= 0.3 is 0 Å². The SMILES string of the molecule is c1ccc([C@@H]2CCC[C@H]2Oc2cccc3cnccc23)cc1. The van der Waals surface area contributed by atoms with Gasteiger partial charge in [-0.15, -0.1) is 0 Å². The van der Waals surface area contributed by atoms with E-state index < -0.39 is 0 Å². The van der Waals surface area contributed by atoms with Gasteiger partial charge in [0.2, 0.25) is 0 Å². The monoisotopic (exact) mass is 289 g/mol. The summed E-state index contributed by atoms with van der Waals surface area (Å²) in [6, 6.07) is 19.0. The van der Waals surface area contributed by atoms with Crippen LogP contribution >= 0.6 is 0 Å². The van der Waals surface area contributed by atoms with Crippen LogP contribution in [0.3, 0.4) is 0 Å². The number of rotatable bonds is 3. The van der Waals surface area contributed by atoms with Crippen LogP contribution in [0, 0.1) is 0 Å². The van der Waals surface area contributed by atoms with Crippen LogP contribution in [0.2, 0.25) is 0 Å². The number of pyridine rings is 1. The number of aromatic nitrogens is 1. The number of hydrogen-bond donors (Lipinski definition) is 0. The minimum Gasteiger partial charge on any atom is -0.489 e. The van der Waals surface area contributed by atoms with Crippen LogP contribution in [-0.4, -0.2) is 11.1 Å². The largest absolute Gasteiger partial charge is 0.489 e. The molecule has 2 heteroatoms. The molecule has 4 rings (SSSR count). The second-order valence-corrected chi connectivity index (χ2v) is 5.96. The van der Waals surface area contributed by atoms with E-state index in [9.17, 15) is 0 Å². The van der Waals surface area contributed by atoms with Crippen molar-refractivity contribution in [3.8, 4) is 5.75 Å². The van der Waals surface area contributed by atoms with Crippen LogP contribution in [0.1, 0.15) is 30.7 Å². The Balaban J connectivity index is 1.64. The molecule has 0 radical (unpaired) electrons. The molecule has 0 N–H and O–H groups in total. The summed E-state index contributed by atoms with van der Waals surface area (Å²) in [5, 5.41) is 2.28. The predicted molar refractivity (Wildman–Crippen MR) is 89.2 cm³/mol. The fourth-order valence-electron chi connectivity index (χ4n) is 3.51. The number of benzene rings is 2. The standard InChI is InChI=1S/C20H19NO/c1-2-6-15(7-3-1)17-9-5-11-19(17)22-20-10-4-8-16-14-21-13-12-18(16)20/h1-4,6-8,10,12-14,17,19H,5,9,11H2/t17-,19+/m0/s1. The fraction of sp³-hybridized carbons (Fsp3) is 0.250. The van der Waals surface area contributed by atoms with E-state index in [0.29, 0.717) is 5.92 Å². The fourth-order valence-corrected chi connectivity index (χ4v) is 3.51. The van der Waals surface area contributed by atoms with Crippen molar-refractivity contribution in [1.29, 1.82) is 0 Å². The van der Waals surface area contributed by atoms with Gasteiger partial charge in [-0.3, -0.25) is 4.98 Å². The molecule has 0 amide bonds. The quantitative estimate of drug-likeness (QED) is 0.680. The molecule has 0 unspecified atom stereocenters. The van der Waals surface area contributed by atoms with E-state index in [0.717, 1.165) is 22.9 Å². The number of ether oxygens (including phenoxy) is 1. The topological polar surface area (TPSA) is 22.1 Å². The van der Waals surface area contributed by atoms with Crippen LogP contribution < -0.4 is 4.74 Å². The zero-order chi connectivity index (χ0) is 14.8. The first-order valence-corrected chi connectivity index (χ1v) is 7.96. The lowest BCUT2D eigenvalue weighted by Gasteiger charge is -2.22. The minimum absolute atomic E-state index is 0.265. The Morgan fingerprint density at radius 2 is 1.82 bits per heavy atom.